The Labute approximate surface area is 113 Å². The predicted molar refractivity (Wildman–Crippen MR) is 71.2 cm³/mol. The second-order valence-corrected chi connectivity index (χ2v) is 4.21. The van der Waals surface area contributed by atoms with Crippen LogP contribution in [-0.2, 0) is 0 Å². The molecule has 0 atom stereocenters. The van der Waals surface area contributed by atoms with E-state index < -0.39 is 11.7 Å². The maximum Gasteiger partial charge on any atom is 0.275 e. The van der Waals surface area contributed by atoms with Crippen molar-refractivity contribution in [1.82, 2.24) is 9.38 Å². The van der Waals surface area contributed by atoms with Gasteiger partial charge in [0.1, 0.15) is 22.9 Å². The van der Waals surface area contributed by atoms with E-state index in [1.54, 1.807) is 18.2 Å². The van der Waals surface area contributed by atoms with Gasteiger partial charge in [-0.1, -0.05) is 12.1 Å². The Morgan fingerprint density at radius 2 is 2.00 bits per heavy atom. The van der Waals surface area contributed by atoms with Gasteiger partial charge in [-0.25, -0.2) is 9.37 Å². The van der Waals surface area contributed by atoms with Gasteiger partial charge in [-0.3, -0.25) is 4.79 Å². The Morgan fingerprint density at radius 1 is 1.20 bits per heavy atom. The summed E-state index contributed by atoms with van der Waals surface area (Å²) < 4.78 is 14.5. The molecule has 0 aliphatic heterocycles. The maximum atomic E-state index is 13.1. The van der Waals surface area contributed by atoms with Crippen LogP contribution in [0.15, 0.2) is 48.8 Å². The summed E-state index contributed by atoms with van der Waals surface area (Å²) in [5.74, 6) is -0.922. The van der Waals surface area contributed by atoms with Gasteiger partial charge in [0.15, 0.2) is 0 Å². The highest BCUT2D eigenvalue weighted by molar-refractivity contribution is 6.03. The van der Waals surface area contributed by atoms with Crippen LogP contribution >= 0.6 is 0 Å². The van der Waals surface area contributed by atoms with Crippen LogP contribution in [0, 0.1) is 5.82 Å². The molecule has 0 radical (unpaired) electrons. The molecule has 3 aromatic rings. The van der Waals surface area contributed by atoms with Gasteiger partial charge in [0.2, 0.25) is 0 Å². The van der Waals surface area contributed by atoms with Gasteiger partial charge < -0.3 is 14.8 Å². The van der Waals surface area contributed by atoms with Gasteiger partial charge in [0.05, 0.1) is 5.69 Å². The fraction of sp³-hybridized carbons (Fsp3) is 0. The number of anilines is 1. The van der Waals surface area contributed by atoms with Crippen molar-refractivity contribution in [2.24, 2.45) is 0 Å². The zero-order valence-electron chi connectivity index (χ0n) is 10.2. The highest BCUT2D eigenvalue weighted by Gasteiger charge is 2.12. The predicted octanol–water partition coefficient (Wildman–Crippen LogP) is 2.43. The zero-order chi connectivity index (χ0) is 14.1. The summed E-state index contributed by atoms with van der Waals surface area (Å²) in [6.45, 7) is 0. The number of hydrogen-bond acceptors (Lipinski definition) is 3. The number of phenols is 1. The van der Waals surface area contributed by atoms with Crippen LogP contribution in [0.4, 0.5) is 10.1 Å². The number of amides is 1. The summed E-state index contributed by atoms with van der Waals surface area (Å²) in [6.07, 6.45) is 2.66. The van der Waals surface area contributed by atoms with Crippen LogP contribution in [0.5, 0.6) is 5.75 Å². The second-order valence-electron chi connectivity index (χ2n) is 4.21. The van der Waals surface area contributed by atoms with E-state index in [1.807, 2.05) is 0 Å². The molecule has 0 aliphatic carbocycles. The molecule has 0 aliphatic rings. The van der Waals surface area contributed by atoms with E-state index in [0.717, 1.165) is 0 Å². The second kappa shape index (κ2) is 4.65. The average Bonchev–Trinajstić information content (AvgIpc) is 2.84. The van der Waals surface area contributed by atoms with Gasteiger partial charge in [-0.15, -0.1) is 0 Å². The minimum atomic E-state index is -0.476. The van der Waals surface area contributed by atoms with Crippen molar-refractivity contribution in [3.8, 4) is 5.75 Å². The van der Waals surface area contributed by atoms with E-state index in [9.17, 15) is 14.3 Å². The first-order valence-corrected chi connectivity index (χ1v) is 5.87. The third-order valence-electron chi connectivity index (χ3n) is 2.80. The molecular weight excluding hydrogens is 261 g/mol. The van der Waals surface area contributed by atoms with Gasteiger partial charge in [-0.05, 0) is 24.3 Å². The lowest BCUT2D eigenvalue weighted by atomic mass is 10.3. The lowest BCUT2D eigenvalue weighted by molar-refractivity contribution is 0.102. The number of aromatic hydroxyl groups is 1. The van der Waals surface area contributed by atoms with Crippen molar-refractivity contribution in [3.63, 3.8) is 0 Å². The topological polar surface area (TPSA) is 66.6 Å². The van der Waals surface area contributed by atoms with Gasteiger partial charge in [0.25, 0.3) is 5.91 Å². The smallest absolute Gasteiger partial charge is 0.275 e. The highest BCUT2D eigenvalue weighted by Crippen LogP contribution is 2.22. The van der Waals surface area contributed by atoms with Crippen LogP contribution < -0.4 is 5.32 Å². The number of nitrogens with zero attached hydrogens (tertiary/aromatic N) is 2. The van der Waals surface area contributed by atoms with E-state index in [1.165, 1.54) is 35.0 Å². The molecule has 3 rings (SSSR count). The van der Waals surface area contributed by atoms with Crippen LogP contribution in [0.25, 0.3) is 5.65 Å². The van der Waals surface area contributed by atoms with Crippen molar-refractivity contribution in [1.29, 1.82) is 0 Å². The number of fused-ring (bicyclic) bond motifs is 1. The molecule has 6 heteroatoms. The number of aromatic nitrogens is 2. The average molecular weight is 271 g/mol. The van der Waals surface area contributed by atoms with Crippen LogP contribution in [0.3, 0.4) is 0 Å². The molecule has 0 saturated heterocycles. The van der Waals surface area contributed by atoms with Gasteiger partial charge in [-0.2, -0.15) is 0 Å². The molecule has 2 aromatic heterocycles. The molecule has 100 valence electrons. The maximum absolute atomic E-state index is 13.1. The molecule has 1 aromatic carbocycles. The number of benzene rings is 1. The fourth-order valence-corrected chi connectivity index (χ4v) is 1.84. The van der Waals surface area contributed by atoms with Gasteiger partial charge >= 0.3 is 0 Å². The summed E-state index contributed by atoms with van der Waals surface area (Å²) in [7, 11) is 0. The molecule has 2 heterocycles. The molecule has 0 spiro atoms. The quantitative estimate of drug-likeness (QED) is 0.703. The van der Waals surface area contributed by atoms with E-state index in [2.05, 4.69) is 10.3 Å². The number of carbonyl (C=O) groups excluding carboxylic acids is 1. The monoisotopic (exact) mass is 271 g/mol. The largest absolute Gasteiger partial charge is 0.506 e. The summed E-state index contributed by atoms with van der Waals surface area (Å²) >= 11 is 0. The Kier molecular flexibility index (Phi) is 2.83. The fourth-order valence-electron chi connectivity index (χ4n) is 1.84. The number of phenolic OH excluding ortho intramolecular Hbond substituents is 1. The lowest BCUT2D eigenvalue weighted by Crippen LogP contribution is -2.12. The number of rotatable bonds is 2. The molecule has 20 heavy (non-hydrogen) atoms. The highest BCUT2D eigenvalue weighted by atomic mass is 19.1. The minimum absolute atomic E-state index is 0.0318. The molecule has 5 nitrogen and oxygen atoms in total. The molecule has 0 unspecified atom stereocenters. The standard InChI is InChI=1S/C14H10FN3O2/c15-9-5-6-13-16-11(8-18(13)7-9)14(20)17-10-3-1-2-4-12(10)19/h1-8,19H,(H,17,20). The summed E-state index contributed by atoms with van der Waals surface area (Å²) in [5.41, 5.74) is 0.897. The van der Waals surface area contributed by atoms with Gasteiger partial charge in [0, 0.05) is 12.4 Å². The third kappa shape index (κ3) is 2.18. The van der Waals surface area contributed by atoms with E-state index >= 15 is 0 Å². The Balaban J connectivity index is 1.91. The third-order valence-corrected chi connectivity index (χ3v) is 2.80. The molecule has 0 bridgehead atoms. The van der Waals surface area contributed by atoms with Crippen molar-refractivity contribution in [2.45, 2.75) is 0 Å². The molecular formula is C14H10FN3O2. The number of nitrogens with one attached hydrogen (secondary N) is 1. The number of hydrogen-bond donors (Lipinski definition) is 2. The number of halogens is 1. The Hall–Kier alpha value is -2.89. The van der Waals surface area contributed by atoms with Crippen molar-refractivity contribution < 1.29 is 14.3 Å². The van der Waals surface area contributed by atoms with Crippen LogP contribution in [0.2, 0.25) is 0 Å². The number of para-hydroxylation sites is 2. The molecule has 2 N–H and O–H groups in total. The molecule has 1 amide bonds. The van der Waals surface area contributed by atoms with Crippen molar-refractivity contribution >= 4 is 17.2 Å². The summed E-state index contributed by atoms with van der Waals surface area (Å²) in [5, 5.41) is 12.1. The van der Waals surface area contributed by atoms with Crippen molar-refractivity contribution in [2.75, 3.05) is 5.32 Å². The SMILES string of the molecule is O=C(Nc1ccccc1O)c1cn2cc(F)ccc2n1. The van der Waals surface area contributed by atoms with E-state index in [4.69, 9.17) is 0 Å². The van der Waals surface area contributed by atoms with E-state index in [0.29, 0.717) is 11.3 Å². The van der Waals surface area contributed by atoms with Crippen molar-refractivity contribution in [3.05, 3.63) is 60.3 Å². The lowest BCUT2D eigenvalue weighted by Gasteiger charge is -2.04. The number of carbonyl (C=O) groups is 1. The Morgan fingerprint density at radius 3 is 2.80 bits per heavy atom. The normalized spacial score (nSPS) is 10.7. The first-order valence-electron chi connectivity index (χ1n) is 5.87. The van der Waals surface area contributed by atoms with Crippen LogP contribution in [0.1, 0.15) is 10.5 Å². The first-order chi connectivity index (χ1) is 9.63. The van der Waals surface area contributed by atoms with E-state index in [-0.39, 0.29) is 11.4 Å². The number of pyridine rings is 1. The van der Waals surface area contributed by atoms with Crippen LogP contribution in [-0.4, -0.2) is 20.4 Å². The zero-order valence-corrected chi connectivity index (χ0v) is 10.2. The molecule has 0 saturated carbocycles. The minimum Gasteiger partial charge on any atom is -0.506 e. The first kappa shape index (κ1) is 12.2. The summed E-state index contributed by atoms with van der Waals surface area (Å²) in [6, 6.07) is 9.13. The summed E-state index contributed by atoms with van der Waals surface area (Å²) in [4.78, 5) is 16.1. The number of imidazole rings is 1. The Bertz CT molecular complexity index is 798. The molecule has 0 fully saturated rings.